The third-order valence-corrected chi connectivity index (χ3v) is 6.81. The van der Waals surface area contributed by atoms with Crippen molar-refractivity contribution in [1.29, 1.82) is 0 Å². The quantitative estimate of drug-likeness (QED) is 0.235. The fourth-order valence-electron chi connectivity index (χ4n) is 4.70. The van der Waals surface area contributed by atoms with Gasteiger partial charge >= 0.3 is 5.97 Å². The van der Waals surface area contributed by atoms with E-state index >= 15 is 0 Å². The average molecular weight is 554 g/mol. The van der Waals surface area contributed by atoms with Crippen molar-refractivity contribution >= 4 is 5.97 Å². The summed E-state index contributed by atoms with van der Waals surface area (Å²) >= 11 is 0. The maximum Gasteiger partial charge on any atom is 0.338 e. The molecule has 7 heteroatoms. The van der Waals surface area contributed by atoms with Gasteiger partial charge < -0.3 is 28.8 Å². The van der Waals surface area contributed by atoms with Crippen molar-refractivity contribution in [1.82, 2.24) is 0 Å². The molecule has 0 aromatic heterocycles. The Labute approximate surface area is 240 Å². The number of ether oxygens (including phenoxy) is 5. The number of carbonyl (C=O) groups is 1. The smallest absolute Gasteiger partial charge is 0.338 e. The van der Waals surface area contributed by atoms with E-state index in [0.29, 0.717) is 12.2 Å². The Morgan fingerprint density at radius 3 is 1.61 bits per heavy atom. The Bertz CT molecular complexity index is 1320. The SMILES string of the molecule is O=C(O[C@H]1[C@@H](OCc2ccccc2)[C@H](OCc2ccccc2)[C@@H](COCc2ccccc2)O[C@@H]1[O-])c1ccccc1. The first-order chi connectivity index (χ1) is 20.2. The van der Waals surface area contributed by atoms with Gasteiger partial charge in [-0.2, -0.15) is 0 Å². The van der Waals surface area contributed by atoms with Gasteiger partial charge in [0, 0.05) is 6.29 Å². The highest BCUT2D eigenvalue weighted by Gasteiger charge is 2.46. The third-order valence-electron chi connectivity index (χ3n) is 6.81. The Balaban J connectivity index is 1.39. The summed E-state index contributed by atoms with van der Waals surface area (Å²) < 4.78 is 30.4. The first-order valence-electron chi connectivity index (χ1n) is 13.7. The van der Waals surface area contributed by atoms with E-state index in [2.05, 4.69) is 0 Å². The second kappa shape index (κ2) is 14.7. The molecule has 1 heterocycles. The number of carbonyl (C=O) groups excluding carboxylic acids is 1. The van der Waals surface area contributed by atoms with E-state index in [1.165, 1.54) is 0 Å². The molecular formula is C34H33O7-. The fourth-order valence-corrected chi connectivity index (χ4v) is 4.70. The van der Waals surface area contributed by atoms with E-state index in [9.17, 15) is 9.90 Å². The maximum atomic E-state index is 13.4. The summed E-state index contributed by atoms with van der Waals surface area (Å²) in [7, 11) is 0. The Morgan fingerprint density at radius 2 is 1.07 bits per heavy atom. The molecule has 0 saturated carbocycles. The summed E-state index contributed by atoms with van der Waals surface area (Å²) in [5.41, 5.74) is 3.18. The predicted octanol–water partition coefficient (Wildman–Crippen LogP) is 4.68. The van der Waals surface area contributed by atoms with Gasteiger partial charge in [0.15, 0.2) is 0 Å². The molecule has 0 bridgehead atoms. The zero-order valence-electron chi connectivity index (χ0n) is 22.6. The van der Waals surface area contributed by atoms with Crippen molar-refractivity contribution in [2.75, 3.05) is 6.61 Å². The topological polar surface area (TPSA) is 86.3 Å². The van der Waals surface area contributed by atoms with Crippen LogP contribution in [0, 0.1) is 0 Å². The van der Waals surface area contributed by atoms with Crippen molar-refractivity contribution in [3.05, 3.63) is 144 Å². The van der Waals surface area contributed by atoms with E-state index in [0.717, 1.165) is 16.7 Å². The van der Waals surface area contributed by atoms with Crippen LogP contribution in [0.5, 0.6) is 0 Å². The summed E-state index contributed by atoms with van der Waals surface area (Å²) in [6.07, 6.45) is -5.37. The maximum absolute atomic E-state index is 13.4. The second-order valence-electron chi connectivity index (χ2n) is 9.80. The molecular weight excluding hydrogens is 520 g/mol. The molecule has 0 spiro atoms. The molecule has 0 amide bonds. The van der Waals surface area contributed by atoms with Crippen molar-refractivity contribution in [3.63, 3.8) is 0 Å². The number of hydrogen-bond donors (Lipinski definition) is 0. The van der Waals surface area contributed by atoms with Gasteiger partial charge in [-0.3, -0.25) is 0 Å². The van der Waals surface area contributed by atoms with Crippen LogP contribution in [0.2, 0.25) is 0 Å². The van der Waals surface area contributed by atoms with Crippen LogP contribution < -0.4 is 5.11 Å². The van der Waals surface area contributed by atoms with Crippen LogP contribution in [0.1, 0.15) is 27.0 Å². The number of hydrogen-bond acceptors (Lipinski definition) is 7. The van der Waals surface area contributed by atoms with Gasteiger partial charge in [-0.05, 0) is 28.8 Å². The standard InChI is InChI=1S/C34H33O7/c35-33(28-19-11-4-12-20-28)41-32-31(39-23-27-17-9-3-10-18-27)30(38-22-26-15-7-2-8-16-26)29(40-34(32)36)24-37-21-25-13-5-1-6-14-25/h1-20,29-32,34H,21-24H2/q-1/t29-,30-,31+,32+,34+/m1/s1. The predicted molar refractivity (Wildman–Crippen MR) is 150 cm³/mol. The molecule has 1 aliphatic heterocycles. The summed E-state index contributed by atoms with van der Waals surface area (Å²) in [5, 5.41) is 13.4. The molecule has 0 N–H and O–H groups in total. The molecule has 41 heavy (non-hydrogen) atoms. The molecule has 5 atom stereocenters. The molecule has 0 radical (unpaired) electrons. The molecule has 1 saturated heterocycles. The van der Waals surface area contributed by atoms with Crippen LogP contribution in [-0.4, -0.2) is 43.3 Å². The monoisotopic (exact) mass is 553 g/mol. The number of esters is 1. The van der Waals surface area contributed by atoms with E-state index in [1.54, 1.807) is 30.3 Å². The Kier molecular flexibility index (Phi) is 10.3. The van der Waals surface area contributed by atoms with Crippen molar-refractivity contribution in [2.24, 2.45) is 0 Å². The van der Waals surface area contributed by atoms with Gasteiger partial charge in [-0.15, -0.1) is 0 Å². The van der Waals surface area contributed by atoms with E-state index in [-0.39, 0.29) is 19.8 Å². The highest BCUT2D eigenvalue weighted by atomic mass is 16.7. The van der Waals surface area contributed by atoms with Gasteiger partial charge in [0.05, 0.1) is 32.0 Å². The first kappa shape index (κ1) is 28.7. The molecule has 0 aliphatic carbocycles. The normalized spacial score (nSPS) is 22.2. The fraction of sp³-hybridized carbons (Fsp3) is 0.265. The van der Waals surface area contributed by atoms with Gasteiger partial charge in [-0.1, -0.05) is 109 Å². The highest BCUT2D eigenvalue weighted by molar-refractivity contribution is 5.89. The van der Waals surface area contributed by atoms with E-state index in [4.69, 9.17) is 23.7 Å². The lowest BCUT2D eigenvalue weighted by atomic mass is 9.98. The van der Waals surface area contributed by atoms with Crippen LogP contribution >= 0.6 is 0 Å². The number of benzene rings is 4. The molecule has 1 fully saturated rings. The third kappa shape index (κ3) is 8.10. The van der Waals surface area contributed by atoms with Crippen LogP contribution in [0.3, 0.4) is 0 Å². The lowest BCUT2D eigenvalue weighted by molar-refractivity contribution is -0.533. The van der Waals surface area contributed by atoms with Gasteiger partial charge in [0.1, 0.15) is 24.4 Å². The van der Waals surface area contributed by atoms with Crippen LogP contribution in [0.15, 0.2) is 121 Å². The zero-order valence-corrected chi connectivity index (χ0v) is 22.6. The first-order valence-corrected chi connectivity index (χ1v) is 13.7. The summed E-state index contributed by atoms with van der Waals surface area (Å²) in [6, 6.07) is 37.6. The number of rotatable bonds is 12. The second-order valence-corrected chi connectivity index (χ2v) is 9.80. The molecule has 5 rings (SSSR count). The largest absolute Gasteiger partial charge is 0.828 e. The van der Waals surface area contributed by atoms with E-state index in [1.807, 2.05) is 91.0 Å². The highest BCUT2D eigenvalue weighted by Crippen LogP contribution is 2.29. The molecule has 0 unspecified atom stereocenters. The minimum absolute atomic E-state index is 0.0949. The molecule has 1 aliphatic rings. The van der Waals surface area contributed by atoms with Crippen LogP contribution in [0.4, 0.5) is 0 Å². The summed E-state index contributed by atoms with van der Waals surface area (Å²) in [4.78, 5) is 13.0. The Hall–Kier alpha value is -3.85. The van der Waals surface area contributed by atoms with Crippen LogP contribution in [0.25, 0.3) is 0 Å². The van der Waals surface area contributed by atoms with Crippen molar-refractivity contribution < 1.29 is 33.6 Å². The lowest BCUT2D eigenvalue weighted by Gasteiger charge is -2.48. The van der Waals surface area contributed by atoms with Gasteiger partial charge in [0.25, 0.3) is 0 Å². The summed E-state index contributed by atoms with van der Waals surface area (Å²) in [6.45, 7) is 0.883. The zero-order chi connectivity index (χ0) is 28.3. The van der Waals surface area contributed by atoms with Crippen molar-refractivity contribution in [3.8, 4) is 0 Å². The Morgan fingerprint density at radius 1 is 0.610 bits per heavy atom. The minimum Gasteiger partial charge on any atom is -0.828 e. The van der Waals surface area contributed by atoms with Crippen LogP contribution in [-0.2, 0) is 43.5 Å². The summed E-state index contributed by atoms with van der Waals surface area (Å²) in [5.74, 6) is -0.631. The minimum atomic E-state index is -1.70. The molecule has 4 aromatic rings. The van der Waals surface area contributed by atoms with Gasteiger partial charge in [-0.25, -0.2) is 4.79 Å². The van der Waals surface area contributed by atoms with E-state index < -0.39 is 36.7 Å². The van der Waals surface area contributed by atoms with Gasteiger partial charge in [0.2, 0.25) is 0 Å². The lowest BCUT2D eigenvalue weighted by Crippen LogP contribution is -2.65. The average Bonchev–Trinajstić information content (AvgIpc) is 3.02. The molecule has 212 valence electrons. The molecule has 7 nitrogen and oxygen atoms in total. The molecule has 4 aromatic carbocycles. The van der Waals surface area contributed by atoms with Crippen molar-refractivity contribution in [2.45, 2.75) is 50.5 Å².